The van der Waals surface area contributed by atoms with Gasteiger partial charge in [0.25, 0.3) is 0 Å². The summed E-state index contributed by atoms with van der Waals surface area (Å²) in [6.07, 6.45) is 0. The van der Waals surface area contributed by atoms with E-state index >= 15 is 0 Å². The van der Waals surface area contributed by atoms with Gasteiger partial charge in [-0.05, 0) is 36.4 Å². The largest absolute Gasteiger partial charge is 0.462 e. The Morgan fingerprint density at radius 2 is 2.15 bits per heavy atom. The molecule has 0 atom stereocenters. The summed E-state index contributed by atoms with van der Waals surface area (Å²) in [7, 11) is 0. The van der Waals surface area contributed by atoms with Gasteiger partial charge in [-0.2, -0.15) is 18.4 Å². The maximum atomic E-state index is 12.5. The summed E-state index contributed by atoms with van der Waals surface area (Å²) >= 11 is 5.15. The molecule has 0 unspecified atom stereocenters. The van der Waals surface area contributed by atoms with Crippen LogP contribution in [0.15, 0.2) is 17.0 Å². The number of nitrogens with zero attached hydrogens (tertiary/aromatic N) is 1. The van der Waals surface area contributed by atoms with Crippen molar-refractivity contribution in [3.05, 3.63) is 28.8 Å². The van der Waals surface area contributed by atoms with Gasteiger partial charge in [0, 0.05) is 10.8 Å². The first-order valence-corrected chi connectivity index (χ1v) is 6.73. The molecule has 0 aliphatic carbocycles. The standard InChI is InChI=1S/C12H9ClF3NO2S/c1-2-19-11(18)9-3-8(6-17)7(5-13)4-10(9)20-12(14,15)16/h3-4H,2,5H2,1H3. The van der Waals surface area contributed by atoms with E-state index in [0.717, 1.165) is 12.1 Å². The van der Waals surface area contributed by atoms with Gasteiger partial charge in [-0.1, -0.05) is 0 Å². The normalized spacial score (nSPS) is 11.0. The van der Waals surface area contributed by atoms with E-state index in [4.69, 9.17) is 21.6 Å². The highest BCUT2D eigenvalue weighted by molar-refractivity contribution is 8.00. The van der Waals surface area contributed by atoms with Gasteiger partial charge in [-0.3, -0.25) is 0 Å². The van der Waals surface area contributed by atoms with Crippen molar-refractivity contribution in [3.8, 4) is 6.07 Å². The summed E-state index contributed by atoms with van der Waals surface area (Å²) in [5.74, 6) is -1.03. The molecule has 0 aliphatic heterocycles. The molecule has 1 aromatic rings. The highest BCUT2D eigenvalue weighted by Gasteiger charge is 2.32. The number of carbonyl (C=O) groups is 1. The second kappa shape index (κ2) is 6.86. The monoisotopic (exact) mass is 323 g/mol. The second-order valence-electron chi connectivity index (χ2n) is 3.52. The number of thioether (sulfide) groups is 1. The van der Waals surface area contributed by atoms with Gasteiger partial charge in [0.05, 0.1) is 23.8 Å². The van der Waals surface area contributed by atoms with Crippen molar-refractivity contribution in [2.24, 2.45) is 0 Å². The van der Waals surface area contributed by atoms with Crippen molar-refractivity contribution in [3.63, 3.8) is 0 Å². The van der Waals surface area contributed by atoms with E-state index in [1.54, 1.807) is 6.07 Å². The van der Waals surface area contributed by atoms with E-state index in [9.17, 15) is 18.0 Å². The minimum absolute atomic E-state index is 0.0219. The van der Waals surface area contributed by atoms with E-state index in [0.29, 0.717) is 0 Å². The van der Waals surface area contributed by atoms with Crippen LogP contribution >= 0.6 is 23.4 Å². The lowest BCUT2D eigenvalue weighted by atomic mass is 10.1. The summed E-state index contributed by atoms with van der Waals surface area (Å²) in [6.45, 7) is 1.56. The molecule has 0 saturated heterocycles. The van der Waals surface area contributed by atoms with Crippen molar-refractivity contribution in [2.45, 2.75) is 23.2 Å². The van der Waals surface area contributed by atoms with Crippen molar-refractivity contribution in [1.82, 2.24) is 0 Å². The summed E-state index contributed by atoms with van der Waals surface area (Å²) in [4.78, 5) is 11.3. The molecule has 1 aromatic carbocycles. The maximum absolute atomic E-state index is 12.5. The number of carbonyl (C=O) groups excluding carboxylic acids is 1. The summed E-state index contributed by atoms with van der Waals surface area (Å²) < 4.78 is 42.2. The quantitative estimate of drug-likeness (QED) is 0.476. The van der Waals surface area contributed by atoms with Gasteiger partial charge < -0.3 is 4.74 Å². The Hall–Kier alpha value is -1.39. The Kier molecular flexibility index (Phi) is 5.72. The highest BCUT2D eigenvalue weighted by Crippen LogP contribution is 2.40. The first kappa shape index (κ1) is 16.7. The van der Waals surface area contributed by atoms with Crippen LogP contribution in [0.5, 0.6) is 0 Å². The Labute approximate surface area is 122 Å². The first-order valence-electron chi connectivity index (χ1n) is 5.38. The molecule has 8 heteroatoms. The minimum atomic E-state index is -4.56. The van der Waals surface area contributed by atoms with Crippen LogP contribution in [0.4, 0.5) is 13.2 Å². The molecule has 0 bridgehead atoms. The van der Waals surface area contributed by atoms with Gasteiger partial charge in [0.2, 0.25) is 0 Å². The molecule has 1 rings (SSSR count). The fourth-order valence-corrected chi connectivity index (χ4v) is 2.34. The van der Waals surface area contributed by atoms with Crippen molar-refractivity contribution < 1.29 is 22.7 Å². The number of rotatable bonds is 4. The van der Waals surface area contributed by atoms with Crippen LogP contribution in [-0.4, -0.2) is 18.1 Å². The number of hydrogen-bond donors (Lipinski definition) is 0. The number of halogens is 4. The fraction of sp³-hybridized carbons (Fsp3) is 0.333. The Bertz CT molecular complexity index is 555. The van der Waals surface area contributed by atoms with Crippen molar-refractivity contribution in [1.29, 1.82) is 5.26 Å². The molecule has 3 nitrogen and oxygen atoms in total. The van der Waals surface area contributed by atoms with E-state index in [1.165, 1.54) is 6.92 Å². The average Bonchev–Trinajstić information content (AvgIpc) is 2.36. The molecule has 0 radical (unpaired) electrons. The molecule has 0 saturated carbocycles. The Morgan fingerprint density at radius 1 is 1.50 bits per heavy atom. The predicted octanol–water partition coefficient (Wildman–Crippen LogP) is 4.09. The predicted molar refractivity (Wildman–Crippen MR) is 68.6 cm³/mol. The molecule has 0 amide bonds. The zero-order valence-corrected chi connectivity index (χ0v) is 11.8. The van der Waals surface area contributed by atoms with Gasteiger partial charge in [0.1, 0.15) is 0 Å². The van der Waals surface area contributed by atoms with E-state index in [-0.39, 0.29) is 34.1 Å². The maximum Gasteiger partial charge on any atom is 0.446 e. The number of ether oxygens (including phenoxy) is 1. The van der Waals surface area contributed by atoms with Crippen LogP contribution in [0.1, 0.15) is 28.4 Å². The van der Waals surface area contributed by atoms with Crippen molar-refractivity contribution >= 4 is 29.3 Å². The molecule has 0 N–H and O–H groups in total. The summed E-state index contributed by atoms with van der Waals surface area (Å²) in [6, 6.07) is 3.96. The summed E-state index contributed by atoms with van der Waals surface area (Å²) in [5, 5.41) is 8.92. The van der Waals surface area contributed by atoms with Crippen LogP contribution in [0.2, 0.25) is 0 Å². The molecular weight excluding hydrogens is 315 g/mol. The average molecular weight is 324 g/mol. The van der Waals surface area contributed by atoms with Crippen LogP contribution in [0.25, 0.3) is 0 Å². The number of benzene rings is 1. The molecule has 0 aromatic heterocycles. The van der Waals surface area contributed by atoms with Crippen LogP contribution in [0.3, 0.4) is 0 Å². The van der Waals surface area contributed by atoms with Crippen molar-refractivity contribution in [2.75, 3.05) is 6.61 Å². The van der Waals surface area contributed by atoms with Crippen LogP contribution < -0.4 is 0 Å². The zero-order chi connectivity index (χ0) is 15.3. The lowest BCUT2D eigenvalue weighted by Crippen LogP contribution is -2.10. The molecule has 108 valence electrons. The fourth-order valence-electron chi connectivity index (χ4n) is 1.41. The third kappa shape index (κ3) is 4.32. The highest BCUT2D eigenvalue weighted by atomic mass is 35.5. The molecule has 0 aliphatic rings. The summed E-state index contributed by atoms with van der Waals surface area (Å²) in [5.41, 5.74) is -4.57. The van der Waals surface area contributed by atoms with Crippen LogP contribution in [0, 0.1) is 11.3 Å². The first-order chi connectivity index (χ1) is 9.32. The van der Waals surface area contributed by atoms with Crippen LogP contribution in [-0.2, 0) is 10.6 Å². The number of nitriles is 1. The topological polar surface area (TPSA) is 50.1 Å². The third-order valence-corrected chi connectivity index (χ3v) is 3.27. The van der Waals surface area contributed by atoms with E-state index in [1.807, 2.05) is 0 Å². The molecular formula is C12H9ClF3NO2S. The third-order valence-electron chi connectivity index (χ3n) is 2.19. The lowest BCUT2D eigenvalue weighted by molar-refractivity contribution is -0.0328. The second-order valence-corrected chi connectivity index (χ2v) is 4.89. The zero-order valence-electron chi connectivity index (χ0n) is 10.3. The molecule has 20 heavy (non-hydrogen) atoms. The van der Waals surface area contributed by atoms with Gasteiger partial charge in [-0.25, -0.2) is 4.79 Å². The number of alkyl halides is 4. The van der Waals surface area contributed by atoms with Gasteiger partial charge in [-0.15, -0.1) is 11.6 Å². The Balaban J connectivity index is 3.37. The van der Waals surface area contributed by atoms with Gasteiger partial charge >= 0.3 is 11.5 Å². The molecule has 0 heterocycles. The molecule has 0 fully saturated rings. The van der Waals surface area contributed by atoms with Gasteiger partial charge in [0.15, 0.2) is 0 Å². The SMILES string of the molecule is CCOC(=O)c1cc(C#N)c(CCl)cc1SC(F)(F)F. The van der Waals surface area contributed by atoms with E-state index in [2.05, 4.69) is 0 Å². The van der Waals surface area contributed by atoms with E-state index < -0.39 is 23.2 Å². The number of esters is 1. The lowest BCUT2D eigenvalue weighted by Gasteiger charge is -2.12. The Morgan fingerprint density at radius 3 is 2.60 bits per heavy atom. The molecule has 0 spiro atoms. The number of hydrogen-bond acceptors (Lipinski definition) is 4. The minimum Gasteiger partial charge on any atom is -0.462 e. The smallest absolute Gasteiger partial charge is 0.446 e.